The van der Waals surface area contributed by atoms with Crippen LogP contribution in [0.1, 0.15) is 27.2 Å². The van der Waals surface area contributed by atoms with Gasteiger partial charge in [0.1, 0.15) is 0 Å². The molecule has 1 radical (unpaired) electrons. The normalized spacial score (nSPS) is 14.2. The number of hydrogen-bond donors (Lipinski definition) is 0. The Kier molecular flexibility index (Phi) is 4.51. The van der Waals surface area contributed by atoms with Gasteiger partial charge in [0.05, 0.1) is 0 Å². The minimum absolute atomic E-state index is 0.246. The molecule has 10 heavy (non-hydrogen) atoms. The first-order valence-corrected chi connectivity index (χ1v) is 3.55. The van der Waals surface area contributed by atoms with Gasteiger partial charge in [0.2, 0.25) is 0 Å². The first kappa shape index (κ1) is 9.12. The molecule has 0 rings (SSSR count). The Labute approximate surface area is 64.0 Å². The van der Waals surface area contributed by atoms with Crippen LogP contribution in [0.25, 0.3) is 0 Å². The molecule has 0 aromatic rings. The lowest BCUT2D eigenvalue weighted by atomic mass is 9.99. The summed E-state index contributed by atoms with van der Waals surface area (Å²) < 4.78 is 0. The highest BCUT2D eigenvalue weighted by atomic mass is 14.0. The fraction of sp³-hybridized carbons (Fsp3) is 0.600. The molecular formula is C10H13. The molecule has 0 N–H and O–H groups in total. The third kappa shape index (κ3) is 4.04. The molecule has 53 valence electrons. The molecule has 0 heteroatoms. The van der Waals surface area contributed by atoms with Crippen molar-refractivity contribution in [3.8, 4) is 17.8 Å². The molecule has 0 aliphatic heterocycles. The van der Waals surface area contributed by atoms with Crippen molar-refractivity contribution in [1.82, 2.24) is 0 Å². The van der Waals surface area contributed by atoms with Crippen molar-refractivity contribution in [2.45, 2.75) is 27.2 Å². The molecule has 0 saturated heterocycles. The van der Waals surface area contributed by atoms with Gasteiger partial charge in [-0.1, -0.05) is 19.8 Å². The fourth-order valence-electron chi connectivity index (χ4n) is 0.895. The summed E-state index contributed by atoms with van der Waals surface area (Å²) in [5, 5.41) is 0. The molecular weight excluding hydrogens is 120 g/mol. The zero-order chi connectivity index (χ0) is 7.98. The topological polar surface area (TPSA) is 0 Å². The van der Waals surface area contributed by atoms with Crippen LogP contribution in [0.4, 0.5) is 0 Å². The molecule has 0 bridgehead atoms. The fourth-order valence-corrected chi connectivity index (χ4v) is 0.895. The third-order valence-electron chi connectivity index (χ3n) is 1.34. The van der Waals surface area contributed by atoms with Crippen LogP contribution in [0.5, 0.6) is 0 Å². The zero-order valence-corrected chi connectivity index (χ0v) is 6.86. The van der Waals surface area contributed by atoms with E-state index in [0.29, 0.717) is 5.92 Å². The molecule has 0 heterocycles. The Hall–Kier alpha value is -0.880. The second-order valence-corrected chi connectivity index (χ2v) is 2.58. The van der Waals surface area contributed by atoms with E-state index in [-0.39, 0.29) is 5.92 Å². The van der Waals surface area contributed by atoms with Gasteiger partial charge >= 0.3 is 0 Å². The Morgan fingerprint density at radius 1 is 1.30 bits per heavy atom. The van der Waals surface area contributed by atoms with Crippen molar-refractivity contribution in [2.24, 2.45) is 11.8 Å². The lowest BCUT2D eigenvalue weighted by Crippen LogP contribution is -1.97. The average molecular weight is 133 g/mol. The second kappa shape index (κ2) is 4.95. The lowest BCUT2D eigenvalue weighted by molar-refractivity contribution is 0.570. The van der Waals surface area contributed by atoms with E-state index in [0.717, 1.165) is 6.42 Å². The van der Waals surface area contributed by atoms with Gasteiger partial charge in [-0.25, -0.2) is 0 Å². The largest absolute Gasteiger partial charge is 0.106 e. The molecule has 0 aliphatic carbocycles. The highest BCUT2D eigenvalue weighted by molar-refractivity contribution is 5.01. The van der Waals surface area contributed by atoms with Crippen molar-refractivity contribution in [3.63, 3.8) is 0 Å². The summed E-state index contributed by atoms with van der Waals surface area (Å²) in [5.41, 5.74) is 0. The van der Waals surface area contributed by atoms with Crippen LogP contribution in [-0.4, -0.2) is 0 Å². The van der Waals surface area contributed by atoms with E-state index in [1.54, 1.807) is 0 Å². The summed E-state index contributed by atoms with van der Waals surface area (Å²) in [4.78, 5) is 0. The minimum Gasteiger partial charge on any atom is -0.106 e. The zero-order valence-electron chi connectivity index (χ0n) is 6.86. The molecule has 0 aromatic heterocycles. The Balaban J connectivity index is 3.66. The monoisotopic (exact) mass is 133 g/mol. The third-order valence-corrected chi connectivity index (χ3v) is 1.34. The van der Waals surface area contributed by atoms with E-state index in [1.165, 1.54) is 0 Å². The molecule has 0 saturated carbocycles. The van der Waals surface area contributed by atoms with Gasteiger partial charge in [0.25, 0.3) is 0 Å². The predicted octanol–water partition coefficient (Wildman–Crippen LogP) is 2.26. The van der Waals surface area contributed by atoms with E-state index < -0.39 is 0 Å². The van der Waals surface area contributed by atoms with Gasteiger partial charge in [-0.05, 0) is 19.8 Å². The molecule has 0 amide bonds. The predicted molar refractivity (Wildman–Crippen MR) is 43.5 cm³/mol. The van der Waals surface area contributed by atoms with E-state index in [9.17, 15) is 0 Å². The van der Waals surface area contributed by atoms with Gasteiger partial charge in [-0.15, -0.1) is 11.8 Å². The Morgan fingerprint density at radius 3 is 2.30 bits per heavy atom. The van der Waals surface area contributed by atoms with Gasteiger partial charge in [-0.3, -0.25) is 0 Å². The van der Waals surface area contributed by atoms with Crippen LogP contribution in [-0.2, 0) is 0 Å². The maximum atomic E-state index is 6.84. The Bertz CT molecular complexity index is 172. The summed E-state index contributed by atoms with van der Waals surface area (Å²) in [6.45, 7) is 5.90. The van der Waals surface area contributed by atoms with E-state index in [2.05, 4.69) is 24.7 Å². The molecule has 2 unspecified atom stereocenters. The molecule has 0 nitrogen and oxygen atoms in total. The quantitative estimate of drug-likeness (QED) is 0.507. The summed E-state index contributed by atoms with van der Waals surface area (Å²) >= 11 is 0. The number of hydrogen-bond acceptors (Lipinski definition) is 0. The second-order valence-electron chi connectivity index (χ2n) is 2.58. The Morgan fingerprint density at radius 2 is 1.90 bits per heavy atom. The van der Waals surface area contributed by atoms with Crippen LogP contribution in [0.15, 0.2) is 0 Å². The standard InChI is InChI=1S/C10H13/c1-5-7-10(4)8-9(3)6-2/h9-10H,8H2,1,3-4H3. The molecule has 0 spiro atoms. The average Bonchev–Trinajstić information content (AvgIpc) is 1.88. The molecule has 0 aliphatic rings. The van der Waals surface area contributed by atoms with Crippen molar-refractivity contribution in [1.29, 1.82) is 0 Å². The van der Waals surface area contributed by atoms with Gasteiger partial charge in [-0.2, -0.15) is 0 Å². The van der Waals surface area contributed by atoms with E-state index >= 15 is 0 Å². The van der Waals surface area contributed by atoms with Crippen LogP contribution in [0.3, 0.4) is 0 Å². The van der Waals surface area contributed by atoms with Crippen molar-refractivity contribution >= 4 is 0 Å². The van der Waals surface area contributed by atoms with Crippen LogP contribution in [0, 0.1) is 36.0 Å². The lowest BCUT2D eigenvalue weighted by Gasteiger charge is -2.04. The molecule has 0 fully saturated rings. The van der Waals surface area contributed by atoms with Gasteiger partial charge in [0, 0.05) is 11.8 Å². The smallest absolute Gasteiger partial charge is 0.0196 e. The maximum Gasteiger partial charge on any atom is 0.0196 e. The number of rotatable bonds is 2. The van der Waals surface area contributed by atoms with E-state index in [1.807, 2.05) is 13.8 Å². The van der Waals surface area contributed by atoms with Gasteiger partial charge in [0.15, 0.2) is 0 Å². The highest BCUT2D eigenvalue weighted by Gasteiger charge is 2.01. The SMILES string of the molecule is [C]#CC(C)CC(C)C#CC. The summed E-state index contributed by atoms with van der Waals surface area (Å²) in [7, 11) is 0. The molecule has 2 atom stereocenters. The summed E-state index contributed by atoms with van der Waals surface area (Å²) in [5.74, 6) is 8.98. The van der Waals surface area contributed by atoms with Crippen LogP contribution >= 0.6 is 0 Å². The first-order valence-electron chi connectivity index (χ1n) is 3.55. The molecule has 0 aromatic carbocycles. The summed E-state index contributed by atoms with van der Waals surface area (Å²) in [6, 6.07) is 0. The van der Waals surface area contributed by atoms with Crippen molar-refractivity contribution in [3.05, 3.63) is 6.42 Å². The minimum atomic E-state index is 0.246. The summed E-state index contributed by atoms with van der Waals surface area (Å²) in [6.07, 6.45) is 7.78. The van der Waals surface area contributed by atoms with E-state index in [4.69, 9.17) is 6.42 Å². The highest BCUT2D eigenvalue weighted by Crippen LogP contribution is 2.08. The van der Waals surface area contributed by atoms with Crippen molar-refractivity contribution < 1.29 is 0 Å². The maximum absolute atomic E-state index is 6.84. The van der Waals surface area contributed by atoms with Gasteiger partial charge < -0.3 is 0 Å². The van der Waals surface area contributed by atoms with Crippen LogP contribution < -0.4 is 0 Å². The van der Waals surface area contributed by atoms with Crippen LogP contribution in [0.2, 0.25) is 0 Å². The first-order chi connectivity index (χ1) is 4.70. The van der Waals surface area contributed by atoms with Crippen molar-refractivity contribution in [2.75, 3.05) is 0 Å².